The molecule has 1 rings (SSSR count). The van der Waals surface area contributed by atoms with Crippen molar-refractivity contribution < 1.29 is 9.47 Å². The molecule has 90 valence electrons. The van der Waals surface area contributed by atoms with Crippen LogP contribution < -0.4 is 14.9 Å². The molecule has 0 radical (unpaired) electrons. The number of hydrogen-bond donors (Lipinski definition) is 1. The van der Waals surface area contributed by atoms with Crippen LogP contribution in [-0.4, -0.2) is 32.8 Å². The lowest BCUT2D eigenvalue weighted by Crippen LogP contribution is -2.29. The Morgan fingerprint density at radius 3 is 2.56 bits per heavy atom. The monoisotopic (exact) mass is 224 g/mol. The van der Waals surface area contributed by atoms with Gasteiger partial charge in [-0.1, -0.05) is 6.07 Å². The first-order valence-electron chi connectivity index (χ1n) is 5.38. The van der Waals surface area contributed by atoms with Gasteiger partial charge in [-0.15, -0.1) is 0 Å². The summed E-state index contributed by atoms with van der Waals surface area (Å²) in [6.45, 7) is 3.38. The van der Waals surface area contributed by atoms with Crippen LogP contribution >= 0.6 is 0 Å². The predicted octanol–water partition coefficient (Wildman–Crippen LogP) is 1.66. The molecule has 1 N–H and O–H groups in total. The Morgan fingerprint density at radius 2 is 2.00 bits per heavy atom. The highest BCUT2D eigenvalue weighted by atomic mass is 16.5. The van der Waals surface area contributed by atoms with E-state index in [0.717, 1.165) is 23.6 Å². The zero-order chi connectivity index (χ0) is 12.0. The molecule has 0 saturated heterocycles. The Morgan fingerprint density at radius 1 is 1.25 bits per heavy atom. The highest BCUT2D eigenvalue weighted by Crippen LogP contribution is 2.27. The molecule has 4 nitrogen and oxygen atoms in total. The molecule has 0 spiro atoms. The van der Waals surface area contributed by atoms with Gasteiger partial charge in [-0.25, -0.2) is 0 Å². The fraction of sp³-hybridized carbons (Fsp3) is 0.500. The Labute approximate surface area is 97.1 Å². The van der Waals surface area contributed by atoms with Gasteiger partial charge in [-0.2, -0.15) is 0 Å². The molecule has 0 saturated carbocycles. The van der Waals surface area contributed by atoms with Crippen molar-refractivity contribution in [3.05, 3.63) is 23.8 Å². The van der Waals surface area contributed by atoms with Crippen molar-refractivity contribution in [1.82, 2.24) is 10.4 Å². The number of methoxy groups -OCH3 is 1. The minimum Gasteiger partial charge on any atom is -0.493 e. The summed E-state index contributed by atoms with van der Waals surface area (Å²) < 4.78 is 10.7. The number of nitrogens with one attached hydrogen (secondary N) is 1. The highest BCUT2D eigenvalue weighted by molar-refractivity contribution is 5.42. The van der Waals surface area contributed by atoms with E-state index in [2.05, 4.69) is 5.43 Å². The van der Waals surface area contributed by atoms with E-state index in [1.54, 1.807) is 7.11 Å². The second-order valence-corrected chi connectivity index (χ2v) is 3.65. The average Bonchev–Trinajstić information content (AvgIpc) is 2.27. The Hall–Kier alpha value is -1.26. The summed E-state index contributed by atoms with van der Waals surface area (Å²) in [7, 11) is 5.58. The summed E-state index contributed by atoms with van der Waals surface area (Å²) in [4.78, 5) is 0. The van der Waals surface area contributed by atoms with Crippen LogP contribution in [0.15, 0.2) is 18.2 Å². The lowest BCUT2D eigenvalue weighted by molar-refractivity contribution is 0.284. The van der Waals surface area contributed by atoms with Gasteiger partial charge in [-0.05, 0) is 24.6 Å². The van der Waals surface area contributed by atoms with Gasteiger partial charge in [0.2, 0.25) is 0 Å². The van der Waals surface area contributed by atoms with Gasteiger partial charge in [0.15, 0.2) is 11.5 Å². The number of benzene rings is 1. The number of ether oxygens (including phenoxy) is 2. The molecule has 0 unspecified atom stereocenters. The molecule has 0 amide bonds. The lowest BCUT2D eigenvalue weighted by Gasteiger charge is -2.14. The van der Waals surface area contributed by atoms with Crippen LogP contribution in [0, 0.1) is 0 Å². The summed E-state index contributed by atoms with van der Waals surface area (Å²) in [6, 6.07) is 5.95. The third-order valence-electron chi connectivity index (χ3n) is 2.13. The van der Waals surface area contributed by atoms with Crippen LogP contribution in [-0.2, 0) is 6.54 Å². The third kappa shape index (κ3) is 3.72. The summed E-state index contributed by atoms with van der Waals surface area (Å²) in [5.41, 5.74) is 4.37. The zero-order valence-electron chi connectivity index (χ0n) is 10.4. The second-order valence-electron chi connectivity index (χ2n) is 3.65. The minimum atomic E-state index is 0.640. The van der Waals surface area contributed by atoms with Crippen LogP contribution in [0.4, 0.5) is 0 Å². The van der Waals surface area contributed by atoms with E-state index < -0.39 is 0 Å². The summed E-state index contributed by atoms with van der Waals surface area (Å²) in [5, 5.41) is 1.92. The Bertz CT molecular complexity index is 327. The molecule has 0 aliphatic carbocycles. The van der Waals surface area contributed by atoms with Gasteiger partial charge in [0.1, 0.15) is 0 Å². The first-order chi connectivity index (χ1) is 7.67. The molecule has 0 heterocycles. The fourth-order valence-electron chi connectivity index (χ4n) is 1.35. The second kappa shape index (κ2) is 6.35. The Balaban J connectivity index is 2.76. The van der Waals surface area contributed by atoms with Crippen molar-refractivity contribution in [1.29, 1.82) is 0 Å². The van der Waals surface area contributed by atoms with Gasteiger partial charge < -0.3 is 9.47 Å². The molecule has 0 aliphatic rings. The lowest BCUT2D eigenvalue weighted by atomic mass is 10.2. The molecule has 1 aromatic carbocycles. The molecule has 0 aromatic heterocycles. The van der Waals surface area contributed by atoms with Crippen LogP contribution in [0.25, 0.3) is 0 Å². The molecule has 0 atom stereocenters. The highest BCUT2D eigenvalue weighted by Gasteiger charge is 2.05. The van der Waals surface area contributed by atoms with E-state index in [1.165, 1.54) is 0 Å². The first kappa shape index (κ1) is 12.8. The van der Waals surface area contributed by atoms with Gasteiger partial charge in [0.05, 0.1) is 13.7 Å². The number of nitrogens with zero attached hydrogens (tertiary/aromatic N) is 1. The van der Waals surface area contributed by atoms with E-state index in [-0.39, 0.29) is 0 Å². The smallest absolute Gasteiger partial charge is 0.161 e. The predicted molar refractivity (Wildman–Crippen MR) is 64.7 cm³/mol. The molecule has 16 heavy (non-hydrogen) atoms. The van der Waals surface area contributed by atoms with Crippen LogP contribution in [0.1, 0.15) is 12.5 Å². The maximum absolute atomic E-state index is 5.51. The summed E-state index contributed by atoms with van der Waals surface area (Å²) >= 11 is 0. The van der Waals surface area contributed by atoms with Gasteiger partial charge in [0, 0.05) is 20.6 Å². The van der Waals surface area contributed by atoms with E-state index in [4.69, 9.17) is 9.47 Å². The fourth-order valence-corrected chi connectivity index (χ4v) is 1.35. The van der Waals surface area contributed by atoms with Gasteiger partial charge >= 0.3 is 0 Å². The molecule has 0 aliphatic heterocycles. The molecular weight excluding hydrogens is 204 g/mol. The normalized spacial score (nSPS) is 10.6. The minimum absolute atomic E-state index is 0.640. The molecule has 0 fully saturated rings. The SMILES string of the molecule is CCOc1cc(CNN(C)C)ccc1OC. The van der Waals surface area contributed by atoms with E-state index in [9.17, 15) is 0 Å². The largest absolute Gasteiger partial charge is 0.493 e. The van der Waals surface area contributed by atoms with Crippen molar-refractivity contribution in [2.45, 2.75) is 13.5 Å². The van der Waals surface area contributed by atoms with E-state index >= 15 is 0 Å². The number of hydrazine groups is 1. The average molecular weight is 224 g/mol. The summed E-state index contributed by atoms with van der Waals surface area (Å²) in [6.07, 6.45) is 0. The molecule has 1 aromatic rings. The maximum atomic E-state index is 5.51. The topological polar surface area (TPSA) is 33.7 Å². The van der Waals surface area contributed by atoms with Crippen molar-refractivity contribution in [2.24, 2.45) is 0 Å². The maximum Gasteiger partial charge on any atom is 0.161 e. The van der Waals surface area contributed by atoms with Crippen molar-refractivity contribution in [3.8, 4) is 11.5 Å². The van der Waals surface area contributed by atoms with E-state index in [1.807, 2.05) is 44.2 Å². The van der Waals surface area contributed by atoms with Crippen molar-refractivity contribution >= 4 is 0 Å². The standard InChI is InChI=1S/C12H20N2O2/c1-5-16-12-8-10(9-13-14(2)3)6-7-11(12)15-4/h6-8,13H,5,9H2,1-4H3. The number of rotatable bonds is 6. The molecular formula is C12H20N2O2. The first-order valence-corrected chi connectivity index (χ1v) is 5.38. The van der Waals surface area contributed by atoms with Crippen LogP contribution in [0.3, 0.4) is 0 Å². The molecule has 0 bridgehead atoms. The molecule has 4 heteroatoms. The quantitative estimate of drug-likeness (QED) is 0.745. The zero-order valence-corrected chi connectivity index (χ0v) is 10.4. The third-order valence-corrected chi connectivity index (χ3v) is 2.13. The van der Waals surface area contributed by atoms with Crippen LogP contribution in [0.2, 0.25) is 0 Å². The Kier molecular flexibility index (Phi) is 5.08. The van der Waals surface area contributed by atoms with Gasteiger partial charge in [-0.3, -0.25) is 10.4 Å². The van der Waals surface area contributed by atoms with Crippen LogP contribution in [0.5, 0.6) is 11.5 Å². The van der Waals surface area contributed by atoms with E-state index in [0.29, 0.717) is 6.61 Å². The number of hydrogen-bond acceptors (Lipinski definition) is 4. The van der Waals surface area contributed by atoms with Crippen molar-refractivity contribution in [3.63, 3.8) is 0 Å². The summed E-state index contributed by atoms with van der Waals surface area (Å²) in [5.74, 6) is 1.57. The van der Waals surface area contributed by atoms with Crippen molar-refractivity contribution in [2.75, 3.05) is 27.8 Å². The van der Waals surface area contributed by atoms with Gasteiger partial charge in [0.25, 0.3) is 0 Å².